The van der Waals surface area contributed by atoms with E-state index >= 15 is 0 Å². The Bertz CT molecular complexity index is 220. The summed E-state index contributed by atoms with van der Waals surface area (Å²) in [5.74, 6) is 0.951. The Kier molecular flexibility index (Phi) is 3.36. The van der Waals surface area contributed by atoms with Gasteiger partial charge in [-0.25, -0.2) is 4.98 Å². The summed E-state index contributed by atoms with van der Waals surface area (Å²) >= 11 is 3.42. The third-order valence-electron chi connectivity index (χ3n) is 1.07. The lowest BCUT2D eigenvalue weighted by atomic mass is 10.4. The second-order valence-electron chi connectivity index (χ2n) is 2.54. The molecule has 0 spiro atoms. The van der Waals surface area contributed by atoms with Crippen molar-refractivity contribution in [1.29, 1.82) is 0 Å². The maximum atomic E-state index is 5.60. The van der Waals surface area contributed by atoms with Crippen LogP contribution in [0.5, 0.6) is 0 Å². The molecule has 0 radical (unpaired) electrons. The summed E-state index contributed by atoms with van der Waals surface area (Å²) < 4.78 is 1.12. The third kappa shape index (κ3) is 3.22. The molecule has 1 atom stereocenters. The Morgan fingerprint density at radius 3 is 3.00 bits per heavy atom. The molecule has 2 N–H and O–H groups in total. The van der Waals surface area contributed by atoms with Crippen molar-refractivity contribution in [1.82, 2.24) is 4.98 Å². The van der Waals surface area contributed by atoms with Crippen molar-refractivity contribution in [2.45, 2.75) is 24.2 Å². The van der Waals surface area contributed by atoms with Gasteiger partial charge in [-0.2, -0.15) is 0 Å². The molecule has 0 bridgehead atoms. The fraction of sp³-hybridized carbons (Fsp3) is 0.571. The summed E-state index contributed by atoms with van der Waals surface area (Å²) in [7, 11) is 0. The first-order valence-electron chi connectivity index (χ1n) is 3.49. The minimum Gasteiger partial charge on any atom is -0.327 e. The molecule has 11 heavy (non-hydrogen) atoms. The van der Waals surface area contributed by atoms with E-state index in [2.05, 4.69) is 10.4 Å². The molecule has 1 aromatic rings. The summed E-state index contributed by atoms with van der Waals surface area (Å²) in [6.45, 7) is 4.01. The van der Waals surface area contributed by atoms with Gasteiger partial charge in [0.15, 0.2) is 0 Å². The first-order chi connectivity index (χ1) is 5.18. The molecule has 0 aliphatic rings. The molecular formula is C7H12N2S2. The zero-order chi connectivity index (χ0) is 8.27. The largest absolute Gasteiger partial charge is 0.327 e. The van der Waals surface area contributed by atoms with Crippen LogP contribution < -0.4 is 5.73 Å². The lowest BCUT2D eigenvalue weighted by molar-refractivity contribution is 0.846. The molecule has 4 heteroatoms. The van der Waals surface area contributed by atoms with Crippen LogP contribution in [0.4, 0.5) is 0 Å². The molecule has 0 amide bonds. The van der Waals surface area contributed by atoms with Gasteiger partial charge in [-0.3, -0.25) is 0 Å². The normalized spacial score (nSPS) is 13.4. The number of hydrogen-bond donors (Lipinski definition) is 1. The maximum Gasteiger partial charge on any atom is 0.150 e. The molecule has 0 aromatic carbocycles. The molecule has 1 rings (SSSR count). The van der Waals surface area contributed by atoms with Gasteiger partial charge < -0.3 is 5.73 Å². The van der Waals surface area contributed by atoms with Gasteiger partial charge in [-0.15, -0.1) is 11.3 Å². The molecule has 62 valence electrons. The van der Waals surface area contributed by atoms with Gasteiger partial charge in [-0.1, -0.05) is 11.8 Å². The number of thioether (sulfide) groups is 1. The van der Waals surface area contributed by atoms with E-state index in [4.69, 9.17) is 5.73 Å². The van der Waals surface area contributed by atoms with E-state index in [-0.39, 0.29) is 6.04 Å². The zero-order valence-corrected chi connectivity index (χ0v) is 8.34. The van der Waals surface area contributed by atoms with Crippen molar-refractivity contribution in [3.63, 3.8) is 0 Å². The van der Waals surface area contributed by atoms with Crippen LogP contribution in [0.2, 0.25) is 0 Å². The number of thiazole rings is 1. The molecule has 0 aliphatic heterocycles. The molecule has 2 nitrogen and oxygen atoms in total. The monoisotopic (exact) mass is 188 g/mol. The standard InChI is InChI=1S/C7H12N2S2/c1-5(8)3-10-7-9-6(2)4-11-7/h4-5H,3,8H2,1-2H3/t5-/m1/s1. The molecule has 0 saturated heterocycles. The molecule has 1 aromatic heterocycles. The highest BCUT2D eigenvalue weighted by molar-refractivity contribution is 8.01. The van der Waals surface area contributed by atoms with Crippen LogP contribution in [0.15, 0.2) is 9.72 Å². The predicted molar refractivity (Wildman–Crippen MR) is 51.2 cm³/mol. The van der Waals surface area contributed by atoms with Gasteiger partial charge in [0.25, 0.3) is 0 Å². The Hall–Kier alpha value is -0.0600. The lowest BCUT2D eigenvalue weighted by Gasteiger charge is -1.99. The second-order valence-corrected chi connectivity index (χ2v) is 4.67. The number of rotatable bonds is 3. The van der Waals surface area contributed by atoms with Crippen molar-refractivity contribution in [3.05, 3.63) is 11.1 Å². The molecule has 1 heterocycles. The third-order valence-corrected chi connectivity index (χ3v) is 3.49. The van der Waals surface area contributed by atoms with E-state index in [1.54, 1.807) is 23.1 Å². The second kappa shape index (κ2) is 4.09. The first-order valence-corrected chi connectivity index (χ1v) is 5.35. The quantitative estimate of drug-likeness (QED) is 0.736. The Balaban J connectivity index is 2.39. The highest BCUT2D eigenvalue weighted by Crippen LogP contribution is 2.22. The predicted octanol–water partition coefficient (Wildman–Crippen LogP) is 1.89. The SMILES string of the molecule is Cc1csc(SC[C@@H](C)N)n1. The van der Waals surface area contributed by atoms with Gasteiger partial charge in [0, 0.05) is 22.9 Å². The Morgan fingerprint density at radius 2 is 2.55 bits per heavy atom. The average Bonchev–Trinajstić information content (AvgIpc) is 2.31. The van der Waals surface area contributed by atoms with Crippen LogP contribution in [-0.4, -0.2) is 16.8 Å². The lowest BCUT2D eigenvalue weighted by Crippen LogP contribution is -2.17. The van der Waals surface area contributed by atoms with Crippen molar-refractivity contribution >= 4 is 23.1 Å². The summed E-state index contributed by atoms with van der Waals surface area (Å²) in [5.41, 5.74) is 6.70. The fourth-order valence-electron chi connectivity index (χ4n) is 0.601. The topological polar surface area (TPSA) is 38.9 Å². The summed E-state index contributed by atoms with van der Waals surface area (Å²) in [4.78, 5) is 4.31. The number of nitrogens with zero attached hydrogens (tertiary/aromatic N) is 1. The van der Waals surface area contributed by atoms with Gasteiger partial charge in [-0.05, 0) is 13.8 Å². The van der Waals surface area contributed by atoms with Crippen molar-refractivity contribution in [2.75, 3.05) is 5.75 Å². The number of aromatic nitrogens is 1. The van der Waals surface area contributed by atoms with Crippen LogP contribution in [0.3, 0.4) is 0 Å². The molecule has 0 saturated carbocycles. The summed E-state index contributed by atoms with van der Waals surface area (Å²) in [5, 5.41) is 2.06. The first kappa shape index (κ1) is 9.03. The van der Waals surface area contributed by atoms with Crippen molar-refractivity contribution in [2.24, 2.45) is 5.73 Å². The van der Waals surface area contributed by atoms with E-state index in [9.17, 15) is 0 Å². The van der Waals surface area contributed by atoms with Gasteiger partial charge in [0.2, 0.25) is 0 Å². The molecule has 0 fully saturated rings. The Morgan fingerprint density at radius 1 is 1.82 bits per heavy atom. The fourth-order valence-corrected chi connectivity index (χ4v) is 2.36. The molecular weight excluding hydrogens is 176 g/mol. The van der Waals surface area contributed by atoms with Gasteiger partial charge in [0.05, 0.1) is 0 Å². The van der Waals surface area contributed by atoms with Crippen LogP contribution in [0, 0.1) is 6.92 Å². The maximum absolute atomic E-state index is 5.60. The number of aryl methyl sites for hydroxylation is 1. The van der Waals surface area contributed by atoms with E-state index < -0.39 is 0 Å². The van der Waals surface area contributed by atoms with E-state index in [0.29, 0.717) is 0 Å². The highest BCUT2D eigenvalue weighted by atomic mass is 32.2. The number of nitrogens with two attached hydrogens (primary N) is 1. The van der Waals surface area contributed by atoms with Gasteiger partial charge in [0.1, 0.15) is 4.34 Å². The van der Waals surface area contributed by atoms with Crippen LogP contribution >= 0.6 is 23.1 Å². The van der Waals surface area contributed by atoms with Gasteiger partial charge >= 0.3 is 0 Å². The highest BCUT2D eigenvalue weighted by Gasteiger charge is 2.00. The minimum atomic E-state index is 0.254. The van der Waals surface area contributed by atoms with Crippen LogP contribution in [0.1, 0.15) is 12.6 Å². The number of hydrogen-bond acceptors (Lipinski definition) is 4. The van der Waals surface area contributed by atoms with E-state index in [0.717, 1.165) is 15.8 Å². The molecule has 0 aliphatic carbocycles. The summed E-state index contributed by atoms with van der Waals surface area (Å²) in [6.07, 6.45) is 0. The molecule has 0 unspecified atom stereocenters. The smallest absolute Gasteiger partial charge is 0.150 e. The van der Waals surface area contributed by atoms with E-state index in [1.165, 1.54) is 0 Å². The van der Waals surface area contributed by atoms with E-state index in [1.807, 2.05) is 13.8 Å². The minimum absolute atomic E-state index is 0.254. The zero-order valence-electron chi connectivity index (χ0n) is 6.70. The van der Waals surface area contributed by atoms with Crippen molar-refractivity contribution in [3.8, 4) is 0 Å². The van der Waals surface area contributed by atoms with Crippen molar-refractivity contribution < 1.29 is 0 Å². The summed E-state index contributed by atoms with van der Waals surface area (Å²) in [6, 6.07) is 0.254. The Labute approximate surface area is 75.2 Å². The average molecular weight is 188 g/mol. The van der Waals surface area contributed by atoms with Crippen LogP contribution in [0.25, 0.3) is 0 Å². The van der Waals surface area contributed by atoms with Crippen LogP contribution in [-0.2, 0) is 0 Å².